The normalized spacial score (nSPS) is 14.1. The van der Waals surface area contributed by atoms with E-state index in [0.29, 0.717) is 0 Å². The summed E-state index contributed by atoms with van der Waals surface area (Å²) >= 11 is 0. The zero-order valence-corrected chi connectivity index (χ0v) is 19.9. The molecular weight excluding hydrogens is 344 g/mol. The Morgan fingerprint density at radius 3 is 1.67 bits per heavy atom. The van der Waals surface area contributed by atoms with Crippen molar-refractivity contribution in [3.63, 3.8) is 0 Å². The molecule has 0 saturated carbocycles. The quantitative estimate of drug-likeness (QED) is 0.157. The maximum Gasteiger partial charge on any atom is 0.192 e. The molecular formula is C25H48OSi. The van der Waals surface area contributed by atoms with Crippen LogP contribution >= 0.6 is 0 Å². The molecule has 0 amide bonds. The predicted octanol–water partition coefficient (Wildman–Crippen LogP) is 8.97. The van der Waals surface area contributed by atoms with Gasteiger partial charge in [-0.25, -0.2) is 0 Å². The van der Waals surface area contributed by atoms with Gasteiger partial charge in [0.2, 0.25) is 0 Å². The minimum absolute atomic E-state index is 0.981. The van der Waals surface area contributed by atoms with Crippen molar-refractivity contribution in [1.82, 2.24) is 0 Å². The topological polar surface area (TPSA) is 9.23 Å². The molecule has 0 aromatic heterocycles. The second-order valence-electron chi connectivity index (χ2n) is 8.67. The zero-order valence-electron chi connectivity index (χ0n) is 18.9. The van der Waals surface area contributed by atoms with Crippen LogP contribution in [-0.2, 0) is 4.43 Å². The van der Waals surface area contributed by atoms with Crippen LogP contribution in [-0.4, -0.2) is 14.9 Å². The van der Waals surface area contributed by atoms with E-state index in [1.54, 1.807) is 5.57 Å². The summed E-state index contributed by atoms with van der Waals surface area (Å²) in [6, 6.07) is 4.26. The minimum Gasteiger partial charge on any atom is -0.416 e. The van der Waals surface area contributed by atoms with Gasteiger partial charge in [0.1, 0.15) is 0 Å². The molecule has 0 unspecified atom stereocenters. The smallest absolute Gasteiger partial charge is 0.192 e. The van der Waals surface area contributed by atoms with E-state index >= 15 is 0 Å². The van der Waals surface area contributed by atoms with Crippen molar-refractivity contribution >= 4 is 8.32 Å². The summed E-state index contributed by atoms with van der Waals surface area (Å²) in [5.74, 6) is 0. The number of allylic oxidation sites excluding steroid dienone is 3. The molecule has 0 radical (unpaired) electrons. The van der Waals surface area contributed by atoms with Gasteiger partial charge in [0.05, 0.1) is 0 Å². The van der Waals surface area contributed by atoms with Crippen molar-refractivity contribution in [2.45, 2.75) is 129 Å². The van der Waals surface area contributed by atoms with E-state index in [0.717, 1.165) is 19.4 Å². The average molecular weight is 393 g/mol. The van der Waals surface area contributed by atoms with E-state index in [2.05, 4.69) is 39.0 Å². The molecule has 1 aliphatic rings. The summed E-state index contributed by atoms with van der Waals surface area (Å²) in [4.78, 5) is 0. The van der Waals surface area contributed by atoms with Crippen LogP contribution in [0.3, 0.4) is 0 Å². The number of unbranched alkanes of at least 4 members (excludes halogenated alkanes) is 9. The summed E-state index contributed by atoms with van der Waals surface area (Å²) < 4.78 is 6.90. The first-order chi connectivity index (χ1) is 13.3. The Morgan fingerprint density at radius 2 is 1.26 bits per heavy atom. The third-order valence-electron chi connectivity index (χ3n) is 6.14. The highest BCUT2D eigenvalue weighted by atomic mass is 28.4. The summed E-state index contributed by atoms with van der Waals surface area (Å²) in [5.41, 5.74) is 1.57. The van der Waals surface area contributed by atoms with Gasteiger partial charge in [0.15, 0.2) is 8.32 Å². The maximum atomic E-state index is 6.90. The lowest BCUT2D eigenvalue weighted by Crippen LogP contribution is -2.38. The standard InChI is InChI=1S/C25H48OSi/c1-4-7-10-15-22-27(23-16-11-8-5-2,24-17-12-9-6-3)26-21-20-25-18-13-14-19-25/h13-14,18H,4-12,15-17,19-24H2,1-3H3. The van der Waals surface area contributed by atoms with Crippen molar-refractivity contribution in [3.05, 3.63) is 23.8 Å². The molecule has 0 atom stereocenters. The Hall–Kier alpha value is -0.343. The highest BCUT2D eigenvalue weighted by molar-refractivity contribution is 6.73. The van der Waals surface area contributed by atoms with E-state index in [1.165, 1.54) is 95.2 Å². The van der Waals surface area contributed by atoms with Gasteiger partial charge >= 0.3 is 0 Å². The Bertz CT molecular complexity index is 368. The second-order valence-corrected chi connectivity index (χ2v) is 12.8. The first kappa shape index (κ1) is 24.7. The van der Waals surface area contributed by atoms with Gasteiger partial charge in [0.25, 0.3) is 0 Å². The van der Waals surface area contributed by atoms with Crippen LogP contribution in [0.5, 0.6) is 0 Å². The van der Waals surface area contributed by atoms with Crippen LogP contribution in [0.2, 0.25) is 18.1 Å². The molecule has 0 aromatic rings. The van der Waals surface area contributed by atoms with Crippen LogP contribution in [0.1, 0.15) is 111 Å². The molecule has 0 saturated heterocycles. The Labute approximate surface area is 172 Å². The Morgan fingerprint density at radius 1 is 0.741 bits per heavy atom. The van der Waals surface area contributed by atoms with E-state index in [1.807, 2.05) is 0 Å². The molecule has 0 aliphatic heterocycles. The van der Waals surface area contributed by atoms with Gasteiger partial charge in [-0.3, -0.25) is 0 Å². The third kappa shape index (κ3) is 12.0. The van der Waals surface area contributed by atoms with E-state index in [-0.39, 0.29) is 0 Å². The summed E-state index contributed by atoms with van der Waals surface area (Å²) in [7, 11) is -1.57. The van der Waals surface area contributed by atoms with Crippen molar-refractivity contribution < 1.29 is 4.43 Å². The lowest BCUT2D eigenvalue weighted by atomic mass is 10.2. The highest BCUT2D eigenvalue weighted by Gasteiger charge is 2.33. The monoisotopic (exact) mass is 392 g/mol. The molecule has 2 heteroatoms. The summed E-state index contributed by atoms with van der Waals surface area (Å²) in [6.07, 6.45) is 25.8. The number of rotatable bonds is 19. The first-order valence-corrected chi connectivity index (χ1v) is 14.8. The van der Waals surface area contributed by atoms with Gasteiger partial charge < -0.3 is 4.43 Å². The summed E-state index contributed by atoms with van der Waals surface area (Å²) in [5, 5.41) is 0. The number of hydrogen-bond donors (Lipinski definition) is 0. The van der Waals surface area contributed by atoms with Crippen molar-refractivity contribution in [2.24, 2.45) is 0 Å². The molecule has 0 spiro atoms. The van der Waals surface area contributed by atoms with Crippen LogP contribution in [0, 0.1) is 0 Å². The predicted molar refractivity (Wildman–Crippen MR) is 125 cm³/mol. The maximum absolute atomic E-state index is 6.90. The largest absolute Gasteiger partial charge is 0.416 e. The van der Waals surface area contributed by atoms with E-state index in [9.17, 15) is 0 Å². The Kier molecular flexibility index (Phi) is 15.2. The van der Waals surface area contributed by atoms with Crippen LogP contribution in [0.25, 0.3) is 0 Å². The van der Waals surface area contributed by atoms with E-state index < -0.39 is 8.32 Å². The SMILES string of the molecule is CCCCCC[Si](CCCCCC)(CCCCCC)OCCC1=CC=CC1. The average Bonchev–Trinajstić information content (AvgIpc) is 3.19. The van der Waals surface area contributed by atoms with Gasteiger partial charge in [0, 0.05) is 6.61 Å². The highest BCUT2D eigenvalue weighted by Crippen LogP contribution is 2.31. The molecule has 1 nitrogen and oxygen atoms in total. The third-order valence-corrected chi connectivity index (χ3v) is 10.7. The fraction of sp³-hybridized carbons (Fsp3) is 0.840. The molecule has 0 aromatic carbocycles. The minimum atomic E-state index is -1.57. The van der Waals surface area contributed by atoms with Gasteiger partial charge in [-0.05, 0) is 31.0 Å². The fourth-order valence-corrected chi connectivity index (χ4v) is 8.69. The van der Waals surface area contributed by atoms with Crippen molar-refractivity contribution in [3.8, 4) is 0 Å². The zero-order chi connectivity index (χ0) is 19.6. The molecule has 1 aliphatic carbocycles. The molecule has 1 rings (SSSR count). The lowest BCUT2D eigenvalue weighted by Gasteiger charge is -2.32. The van der Waals surface area contributed by atoms with E-state index in [4.69, 9.17) is 4.43 Å². The van der Waals surface area contributed by atoms with Crippen LogP contribution in [0.15, 0.2) is 23.8 Å². The Balaban J connectivity index is 2.59. The molecule has 27 heavy (non-hydrogen) atoms. The molecule has 0 N–H and O–H groups in total. The van der Waals surface area contributed by atoms with Gasteiger partial charge in [-0.2, -0.15) is 0 Å². The van der Waals surface area contributed by atoms with Gasteiger partial charge in [-0.1, -0.05) is 122 Å². The van der Waals surface area contributed by atoms with Crippen LogP contribution in [0.4, 0.5) is 0 Å². The van der Waals surface area contributed by atoms with Crippen molar-refractivity contribution in [2.75, 3.05) is 6.61 Å². The molecule has 0 bridgehead atoms. The van der Waals surface area contributed by atoms with Crippen LogP contribution < -0.4 is 0 Å². The first-order valence-electron chi connectivity index (χ1n) is 12.2. The second kappa shape index (κ2) is 16.6. The number of hydrogen-bond acceptors (Lipinski definition) is 1. The van der Waals surface area contributed by atoms with Gasteiger partial charge in [-0.15, -0.1) is 0 Å². The summed E-state index contributed by atoms with van der Waals surface area (Å²) in [6.45, 7) is 7.94. The molecule has 158 valence electrons. The fourth-order valence-electron chi connectivity index (χ4n) is 4.29. The van der Waals surface area contributed by atoms with Crippen molar-refractivity contribution in [1.29, 1.82) is 0 Å². The lowest BCUT2D eigenvalue weighted by molar-refractivity contribution is 0.296. The molecule has 0 fully saturated rings. The molecule has 0 heterocycles.